The van der Waals surface area contributed by atoms with Crippen molar-refractivity contribution in [3.63, 3.8) is 0 Å². The molecule has 0 radical (unpaired) electrons. The van der Waals surface area contributed by atoms with Crippen molar-refractivity contribution in [2.45, 2.75) is 17.6 Å². The summed E-state index contributed by atoms with van der Waals surface area (Å²) >= 11 is 0. The number of benzene rings is 2. The van der Waals surface area contributed by atoms with Gasteiger partial charge in [0.2, 0.25) is 0 Å². The van der Waals surface area contributed by atoms with Crippen LogP contribution in [0, 0.1) is 0 Å². The number of aromatic nitrogens is 2. The average Bonchev–Trinajstić information content (AvgIpc) is 3.16. The number of imidazole rings is 1. The second kappa shape index (κ2) is 6.80. The van der Waals surface area contributed by atoms with Crippen LogP contribution < -0.4 is 0 Å². The topological polar surface area (TPSA) is 17.8 Å². The first-order valence-electron chi connectivity index (χ1n) is 7.99. The fourth-order valence-corrected chi connectivity index (χ4v) is 5.71. The number of allylic oxidation sites excluding steroid dienone is 1. The molecule has 0 saturated carbocycles. The maximum absolute atomic E-state index is 4.33. The second-order valence-corrected chi connectivity index (χ2v) is 8.70. The van der Waals surface area contributed by atoms with Gasteiger partial charge >= 0.3 is 0 Å². The Kier molecular flexibility index (Phi) is 4.58. The molecule has 0 aliphatic rings. The van der Waals surface area contributed by atoms with Crippen molar-refractivity contribution in [1.29, 1.82) is 0 Å². The Morgan fingerprint density at radius 2 is 1.61 bits per heavy atom. The molecule has 3 aromatic rings. The van der Waals surface area contributed by atoms with E-state index in [1.165, 1.54) is 11.1 Å². The standard InChI is InChI=1S/C20H22N2Si/c1-3-17(2)23-20(22-15-14-21-16-22,18-10-6-4-7-11-18)19-12-8-5-9-13-19/h3-17H,1,23H2,2H3. The van der Waals surface area contributed by atoms with Crippen molar-refractivity contribution >= 4 is 9.52 Å². The van der Waals surface area contributed by atoms with E-state index < -0.39 is 9.52 Å². The van der Waals surface area contributed by atoms with Gasteiger partial charge in [0.1, 0.15) is 0 Å². The van der Waals surface area contributed by atoms with Gasteiger partial charge in [0, 0.05) is 12.4 Å². The SMILES string of the molecule is C=CC(C)[SiH2]C(c1ccccc1)(c1ccccc1)n1ccnc1. The highest BCUT2D eigenvalue weighted by Gasteiger charge is 2.37. The van der Waals surface area contributed by atoms with Crippen LogP contribution in [0.3, 0.4) is 0 Å². The van der Waals surface area contributed by atoms with Gasteiger partial charge in [-0.25, -0.2) is 4.98 Å². The molecule has 1 atom stereocenters. The largest absolute Gasteiger partial charge is 0.327 e. The summed E-state index contributed by atoms with van der Waals surface area (Å²) in [4.78, 5) is 4.33. The van der Waals surface area contributed by atoms with Gasteiger partial charge in [-0.15, -0.1) is 6.58 Å². The molecule has 1 heterocycles. The normalized spacial score (nSPS) is 13.3. The van der Waals surface area contributed by atoms with Crippen LogP contribution in [0.4, 0.5) is 0 Å². The van der Waals surface area contributed by atoms with E-state index in [0.29, 0.717) is 5.54 Å². The molecule has 0 saturated heterocycles. The Labute approximate surface area is 140 Å². The van der Waals surface area contributed by atoms with Crippen molar-refractivity contribution < 1.29 is 0 Å². The van der Waals surface area contributed by atoms with Gasteiger partial charge in [-0.3, -0.25) is 0 Å². The minimum Gasteiger partial charge on any atom is -0.327 e. The van der Waals surface area contributed by atoms with E-state index in [4.69, 9.17) is 0 Å². The Balaban J connectivity index is 2.27. The maximum Gasteiger partial charge on any atom is 0.0953 e. The zero-order valence-electron chi connectivity index (χ0n) is 13.5. The van der Waals surface area contributed by atoms with Crippen LogP contribution in [0.25, 0.3) is 0 Å². The number of rotatable bonds is 6. The zero-order chi connectivity index (χ0) is 16.1. The third-order valence-electron chi connectivity index (χ3n) is 4.47. The summed E-state index contributed by atoms with van der Waals surface area (Å²) in [5.74, 6) is 0. The molecule has 1 unspecified atom stereocenters. The molecule has 0 N–H and O–H groups in total. The lowest BCUT2D eigenvalue weighted by molar-refractivity contribution is 0.588. The molecule has 0 aliphatic carbocycles. The van der Waals surface area contributed by atoms with Crippen LogP contribution in [-0.4, -0.2) is 19.1 Å². The smallest absolute Gasteiger partial charge is 0.0953 e. The molecule has 23 heavy (non-hydrogen) atoms. The van der Waals surface area contributed by atoms with Crippen LogP contribution >= 0.6 is 0 Å². The molecule has 116 valence electrons. The van der Waals surface area contributed by atoms with E-state index in [2.05, 4.69) is 96.0 Å². The molecule has 3 heteroatoms. The van der Waals surface area contributed by atoms with E-state index >= 15 is 0 Å². The molecule has 1 aromatic heterocycles. The van der Waals surface area contributed by atoms with Crippen molar-refractivity contribution in [2.75, 3.05) is 0 Å². The lowest BCUT2D eigenvalue weighted by Gasteiger charge is -2.38. The summed E-state index contributed by atoms with van der Waals surface area (Å²) in [6, 6.07) is 21.6. The van der Waals surface area contributed by atoms with Crippen molar-refractivity contribution in [3.05, 3.63) is 103 Å². The highest BCUT2D eigenvalue weighted by atomic mass is 28.2. The van der Waals surface area contributed by atoms with Crippen molar-refractivity contribution in [1.82, 2.24) is 9.55 Å². The van der Waals surface area contributed by atoms with Gasteiger partial charge in [-0.1, -0.05) is 73.7 Å². The van der Waals surface area contributed by atoms with Gasteiger partial charge < -0.3 is 4.57 Å². The monoisotopic (exact) mass is 318 g/mol. The Morgan fingerprint density at radius 1 is 1.04 bits per heavy atom. The minimum absolute atomic E-state index is 0.146. The van der Waals surface area contributed by atoms with Crippen LogP contribution in [0.5, 0.6) is 0 Å². The molecule has 0 spiro atoms. The molecule has 0 bridgehead atoms. The number of nitrogens with zero attached hydrogens (tertiary/aromatic N) is 2. The average molecular weight is 318 g/mol. The van der Waals surface area contributed by atoms with Gasteiger partial charge in [0.15, 0.2) is 0 Å². The van der Waals surface area contributed by atoms with E-state index in [9.17, 15) is 0 Å². The first kappa shape index (κ1) is 15.5. The predicted octanol–water partition coefficient (Wildman–Crippen LogP) is 3.80. The van der Waals surface area contributed by atoms with E-state index in [1.54, 1.807) is 0 Å². The van der Waals surface area contributed by atoms with Gasteiger partial charge in [0.05, 0.1) is 21.0 Å². The third kappa shape index (κ3) is 2.92. The fraction of sp³-hybridized carbons (Fsp3) is 0.150. The molecule has 3 rings (SSSR count). The molecule has 2 nitrogen and oxygen atoms in total. The summed E-state index contributed by atoms with van der Waals surface area (Å²) in [7, 11) is -0.618. The first-order valence-corrected chi connectivity index (χ1v) is 9.52. The summed E-state index contributed by atoms with van der Waals surface area (Å²) in [6.07, 6.45) is 7.99. The highest BCUT2D eigenvalue weighted by Crippen LogP contribution is 2.35. The Morgan fingerprint density at radius 3 is 2.04 bits per heavy atom. The first-order chi connectivity index (χ1) is 11.3. The molecular weight excluding hydrogens is 296 g/mol. The van der Waals surface area contributed by atoms with Gasteiger partial charge in [-0.2, -0.15) is 0 Å². The van der Waals surface area contributed by atoms with Crippen LogP contribution in [0.15, 0.2) is 92.0 Å². The highest BCUT2D eigenvalue weighted by molar-refractivity contribution is 6.44. The number of hydrogen-bond donors (Lipinski definition) is 0. The van der Waals surface area contributed by atoms with Gasteiger partial charge in [0.25, 0.3) is 0 Å². The molecule has 0 amide bonds. The molecule has 0 fully saturated rings. The molecular formula is C20H22N2Si. The lowest BCUT2D eigenvalue weighted by atomic mass is 9.97. The maximum atomic E-state index is 4.33. The third-order valence-corrected chi connectivity index (χ3v) is 7.22. The predicted molar refractivity (Wildman–Crippen MR) is 99.5 cm³/mol. The fourth-order valence-electron chi connectivity index (χ4n) is 3.27. The van der Waals surface area contributed by atoms with Crippen molar-refractivity contribution in [2.24, 2.45) is 0 Å². The lowest BCUT2D eigenvalue weighted by Crippen LogP contribution is -2.42. The quantitative estimate of drug-likeness (QED) is 0.499. The van der Waals surface area contributed by atoms with Gasteiger partial charge in [-0.05, 0) is 16.7 Å². The molecule has 2 aromatic carbocycles. The van der Waals surface area contributed by atoms with E-state index in [1.807, 2.05) is 12.5 Å². The van der Waals surface area contributed by atoms with Crippen LogP contribution in [0.1, 0.15) is 18.1 Å². The summed E-state index contributed by atoms with van der Waals surface area (Å²) in [5, 5.41) is -0.146. The number of hydrogen-bond acceptors (Lipinski definition) is 1. The minimum atomic E-state index is -0.618. The Bertz CT molecular complexity index is 696. The Hall–Kier alpha value is -2.39. The molecule has 0 aliphatic heterocycles. The van der Waals surface area contributed by atoms with E-state index in [0.717, 1.165) is 0 Å². The van der Waals surface area contributed by atoms with Crippen molar-refractivity contribution in [3.8, 4) is 0 Å². The summed E-state index contributed by atoms with van der Waals surface area (Å²) in [5.41, 5.74) is 3.16. The second-order valence-electron chi connectivity index (χ2n) is 5.98. The van der Waals surface area contributed by atoms with E-state index in [-0.39, 0.29) is 5.16 Å². The van der Waals surface area contributed by atoms with Crippen LogP contribution in [-0.2, 0) is 5.16 Å². The summed E-state index contributed by atoms with van der Waals surface area (Å²) in [6.45, 7) is 6.30. The zero-order valence-corrected chi connectivity index (χ0v) is 14.9. The van der Waals surface area contributed by atoms with Crippen LogP contribution in [0.2, 0.25) is 5.54 Å². The summed E-state index contributed by atoms with van der Waals surface area (Å²) < 4.78 is 2.28.